The van der Waals surface area contributed by atoms with E-state index in [9.17, 15) is 14.7 Å². The molecule has 1 fully saturated rings. The Labute approximate surface area is 99.1 Å². The van der Waals surface area contributed by atoms with Crippen molar-refractivity contribution >= 4 is 11.9 Å². The van der Waals surface area contributed by atoms with Crippen molar-refractivity contribution in [3.05, 3.63) is 30.1 Å². The number of hydrogen-bond donors (Lipinski definition) is 1. The van der Waals surface area contributed by atoms with Gasteiger partial charge in [-0.1, -0.05) is 0 Å². The molecule has 5 nitrogen and oxygen atoms in total. The molecule has 0 aromatic carbocycles. The smallest absolute Gasteiger partial charge is 0.308 e. The predicted molar refractivity (Wildman–Crippen MR) is 60.1 cm³/mol. The van der Waals surface area contributed by atoms with E-state index in [0.29, 0.717) is 12.8 Å². The Morgan fingerprint density at radius 1 is 1.47 bits per heavy atom. The van der Waals surface area contributed by atoms with Crippen LogP contribution in [0.25, 0.3) is 0 Å². The molecule has 1 aromatic rings. The van der Waals surface area contributed by atoms with Crippen molar-refractivity contribution in [2.24, 2.45) is 5.92 Å². The molecule has 0 radical (unpaired) electrons. The molecule has 17 heavy (non-hydrogen) atoms. The lowest BCUT2D eigenvalue weighted by Crippen LogP contribution is -2.42. The molecule has 0 spiro atoms. The number of pyridine rings is 1. The van der Waals surface area contributed by atoms with E-state index in [2.05, 4.69) is 4.98 Å². The van der Waals surface area contributed by atoms with Crippen LogP contribution in [0.4, 0.5) is 0 Å². The summed E-state index contributed by atoms with van der Waals surface area (Å²) >= 11 is 0. The Morgan fingerprint density at radius 3 is 2.71 bits per heavy atom. The fraction of sp³-hybridized carbons (Fsp3) is 0.417. The van der Waals surface area contributed by atoms with E-state index in [4.69, 9.17) is 0 Å². The first-order valence-corrected chi connectivity index (χ1v) is 5.49. The number of carboxylic acid groups (broad SMARTS) is 1. The van der Waals surface area contributed by atoms with Crippen molar-refractivity contribution in [2.75, 3.05) is 7.05 Å². The van der Waals surface area contributed by atoms with Gasteiger partial charge >= 0.3 is 5.97 Å². The van der Waals surface area contributed by atoms with Crippen molar-refractivity contribution in [1.29, 1.82) is 0 Å². The number of likely N-dealkylation sites (tertiary alicyclic amines) is 1. The summed E-state index contributed by atoms with van der Waals surface area (Å²) in [4.78, 5) is 28.3. The van der Waals surface area contributed by atoms with Gasteiger partial charge < -0.3 is 10.0 Å². The minimum atomic E-state index is -0.855. The topological polar surface area (TPSA) is 70.5 Å². The van der Waals surface area contributed by atoms with Gasteiger partial charge in [0.25, 0.3) is 0 Å². The third kappa shape index (κ3) is 2.13. The lowest BCUT2D eigenvalue weighted by molar-refractivity contribution is -0.150. The molecule has 0 aliphatic carbocycles. The van der Waals surface area contributed by atoms with Crippen molar-refractivity contribution < 1.29 is 14.7 Å². The second kappa shape index (κ2) is 4.53. The van der Waals surface area contributed by atoms with E-state index in [-0.39, 0.29) is 5.91 Å². The molecule has 2 heterocycles. The van der Waals surface area contributed by atoms with Gasteiger partial charge in [-0.3, -0.25) is 14.6 Å². The molecule has 1 aliphatic heterocycles. The van der Waals surface area contributed by atoms with Gasteiger partial charge in [-0.05, 0) is 24.1 Å². The first kappa shape index (κ1) is 11.6. The summed E-state index contributed by atoms with van der Waals surface area (Å²) in [5.41, 5.74) is 0.822. The number of carbonyl (C=O) groups excluding carboxylic acids is 1. The molecule has 90 valence electrons. The highest BCUT2D eigenvalue weighted by molar-refractivity contribution is 5.81. The summed E-state index contributed by atoms with van der Waals surface area (Å²) in [5, 5.41) is 9.22. The molecule has 2 atom stereocenters. The first-order valence-electron chi connectivity index (χ1n) is 5.49. The van der Waals surface area contributed by atoms with Crippen LogP contribution in [0.3, 0.4) is 0 Å². The van der Waals surface area contributed by atoms with Crippen molar-refractivity contribution in [2.45, 2.75) is 18.9 Å². The molecule has 1 aliphatic rings. The molecular formula is C12H14N2O3. The summed E-state index contributed by atoms with van der Waals surface area (Å²) in [7, 11) is 1.66. The Kier molecular flexibility index (Phi) is 3.08. The van der Waals surface area contributed by atoms with Crippen LogP contribution in [0.15, 0.2) is 24.5 Å². The molecule has 0 unspecified atom stereocenters. The van der Waals surface area contributed by atoms with Gasteiger partial charge in [-0.15, -0.1) is 0 Å². The van der Waals surface area contributed by atoms with E-state index in [1.54, 1.807) is 31.6 Å². The van der Waals surface area contributed by atoms with Gasteiger partial charge in [0.2, 0.25) is 5.91 Å². The van der Waals surface area contributed by atoms with E-state index in [1.165, 1.54) is 4.90 Å². The van der Waals surface area contributed by atoms with E-state index < -0.39 is 17.9 Å². The fourth-order valence-electron chi connectivity index (χ4n) is 2.31. The molecular weight excluding hydrogens is 220 g/mol. The van der Waals surface area contributed by atoms with Gasteiger partial charge in [0.1, 0.15) is 0 Å². The maximum Gasteiger partial charge on any atom is 0.308 e. The maximum atomic E-state index is 11.7. The highest BCUT2D eigenvalue weighted by atomic mass is 16.4. The van der Waals surface area contributed by atoms with E-state index in [0.717, 1.165) is 5.56 Å². The van der Waals surface area contributed by atoms with Crippen LogP contribution in [-0.2, 0) is 9.59 Å². The number of piperidine rings is 1. The van der Waals surface area contributed by atoms with Gasteiger partial charge in [0.05, 0.1) is 12.0 Å². The number of rotatable bonds is 2. The largest absolute Gasteiger partial charge is 0.481 e. The SMILES string of the molecule is CN1C(=O)CC[C@@H](C(=O)O)[C@@H]1c1ccncc1. The standard InChI is InChI=1S/C12H14N2O3/c1-14-10(15)3-2-9(12(16)17)11(14)8-4-6-13-7-5-8/h4-7,9,11H,2-3H2,1H3,(H,16,17)/t9-,11+/m1/s1. The number of carbonyl (C=O) groups is 2. The van der Waals surface area contributed by atoms with Gasteiger partial charge in [0.15, 0.2) is 0 Å². The number of aliphatic carboxylic acids is 1. The summed E-state index contributed by atoms with van der Waals surface area (Å²) < 4.78 is 0. The monoisotopic (exact) mass is 234 g/mol. The highest BCUT2D eigenvalue weighted by Gasteiger charge is 2.38. The zero-order valence-electron chi connectivity index (χ0n) is 9.54. The quantitative estimate of drug-likeness (QED) is 0.831. The van der Waals surface area contributed by atoms with E-state index >= 15 is 0 Å². The summed E-state index contributed by atoms with van der Waals surface area (Å²) in [5.74, 6) is -1.41. The second-order valence-electron chi connectivity index (χ2n) is 4.21. The average Bonchev–Trinajstić information content (AvgIpc) is 2.33. The number of amides is 1. The van der Waals surface area contributed by atoms with Crippen LogP contribution >= 0.6 is 0 Å². The molecule has 5 heteroatoms. The number of aromatic nitrogens is 1. The molecule has 1 N–H and O–H groups in total. The minimum absolute atomic E-state index is 0.00990. The molecule has 1 amide bonds. The Bertz CT molecular complexity index is 433. The van der Waals surface area contributed by atoms with E-state index in [1.807, 2.05) is 0 Å². The maximum absolute atomic E-state index is 11.7. The molecule has 0 saturated carbocycles. The zero-order valence-corrected chi connectivity index (χ0v) is 9.54. The Balaban J connectivity index is 2.37. The average molecular weight is 234 g/mol. The first-order chi connectivity index (χ1) is 8.11. The van der Waals surface area contributed by atoms with Gasteiger partial charge in [-0.25, -0.2) is 0 Å². The molecule has 1 saturated heterocycles. The summed E-state index contributed by atoms with van der Waals surface area (Å²) in [6.45, 7) is 0. The number of nitrogens with zero attached hydrogens (tertiary/aromatic N) is 2. The van der Waals surface area contributed by atoms with Crippen LogP contribution in [0.1, 0.15) is 24.4 Å². The predicted octanol–water partition coefficient (Wildman–Crippen LogP) is 1.08. The molecule has 1 aromatic heterocycles. The normalized spacial score (nSPS) is 24.8. The third-order valence-electron chi connectivity index (χ3n) is 3.23. The summed E-state index contributed by atoms with van der Waals surface area (Å²) in [6.07, 6.45) is 3.92. The van der Waals surface area contributed by atoms with Crippen LogP contribution < -0.4 is 0 Å². The minimum Gasteiger partial charge on any atom is -0.481 e. The third-order valence-corrected chi connectivity index (χ3v) is 3.23. The van der Waals surface area contributed by atoms with Crippen LogP contribution in [-0.4, -0.2) is 33.9 Å². The van der Waals surface area contributed by atoms with Crippen molar-refractivity contribution in [1.82, 2.24) is 9.88 Å². The lowest BCUT2D eigenvalue weighted by Gasteiger charge is -2.37. The number of hydrogen-bond acceptors (Lipinski definition) is 3. The highest BCUT2D eigenvalue weighted by Crippen LogP contribution is 2.35. The zero-order chi connectivity index (χ0) is 12.4. The fourth-order valence-corrected chi connectivity index (χ4v) is 2.31. The number of carboxylic acids is 1. The Hall–Kier alpha value is -1.91. The van der Waals surface area contributed by atoms with Crippen LogP contribution in [0, 0.1) is 5.92 Å². The summed E-state index contributed by atoms with van der Waals surface area (Å²) in [6, 6.07) is 3.13. The molecule has 0 bridgehead atoms. The van der Waals surface area contributed by atoms with Crippen LogP contribution in [0.2, 0.25) is 0 Å². The van der Waals surface area contributed by atoms with Gasteiger partial charge in [-0.2, -0.15) is 0 Å². The van der Waals surface area contributed by atoms with Crippen LogP contribution in [0.5, 0.6) is 0 Å². The second-order valence-corrected chi connectivity index (χ2v) is 4.21. The Morgan fingerprint density at radius 2 is 2.12 bits per heavy atom. The molecule has 2 rings (SSSR count). The van der Waals surface area contributed by atoms with Crippen molar-refractivity contribution in [3.63, 3.8) is 0 Å². The van der Waals surface area contributed by atoms with Gasteiger partial charge in [0, 0.05) is 25.9 Å². The van der Waals surface area contributed by atoms with Crippen molar-refractivity contribution in [3.8, 4) is 0 Å². The lowest BCUT2D eigenvalue weighted by atomic mass is 9.85.